The minimum Gasteiger partial charge on any atom is -0.497 e. The third-order valence-electron chi connectivity index (χ3n) is 3.43. The third-order valence-corrected chi connectivity index (χ3v) is 3.68. The molecule has 4 nitrogen and oxygen atoms in total. The van der Waals surface area contributed by atoms with Crippen molar-refractivity contribution in [1.82, 2.24) is 4.90 Å². The highest BCUT2D eigenvalue weighted by atomic mass is 35.5. The highest BCUT2D eigenvalue weighted by Crippen LogP contribution is 2.19. The van der Waals surface area contributed by atoms with Gasteiger partial charge in [-0.2, -0.15) is 0 Å². The number of methoxy groups -OCH3 is 1. The molecular weight excluding hydrogens is 314 g/mol. The maximum absolute atomic E-state index is 12.4. The molecule has 122 valence electrons. The smallest absolute Gasteiger partial charge is 0.263 e. The molecule has 0 saturated heterocycles. The van der Waals surface area contributed by atoms with E-state index >= 15 is 0 Å². The summed E-state index contributed by atoms with van der Waals surface area (Å²) < 4.78 is 10.8. The molecule has 5 heteroatoms. The molecule has 0 fully saturated rings. The number of halogens is 1. The van der Waals surface area contributed by atoms with E-state index in [1.165, 1.54) is 0 Å². The molecule has 0 bridgehead atoms. The SMILES string of the molecule is COc1ccc(OC(C)C(=O)N(C)Cc2ccc(Cl)cc2)cc1. The first-order chi connectivity index (χ1) is 11.0. The maximum atomic E-state index is 12.4. The first kappa shape index (κ1) is 17.2. The summed E-state index contributed by atoms with van der Waals surface area (Å²) in [6, 6.07) is 14.6. The van der Waals surface area contributed by atoms with Gasteiger partial charge in [0.25, 0.3) is 5.91 Å². The molecule has 0 heterocycles. The first-order valence-corrected chi connectivity index (χ1v) is 7.67. The van der Waals surface area contributed by atoms with Crippen LogP contribution in [0.1, 0.15) is 12.5 Å². The van der Waals surface area contributed by atoms with Crippen molar-refractivity contribution in [2.75, 3.05) is 14.2 Å². The highest BCUT2D eigenvalue weighted by Gasteiger charge is 2.19. The van der Waals surface area contributed by atoms with Gasteiger partial charge < -0.3 is 14.4 Å². The van der Waals surface area contributed by atoms with E-state index in [1.807, 2.05) is 24.3 Å². The monoisotopic (exact) mass is 333 g/mol. The molecule has 0 spiro atoms. The van der Waals surface area contributed by atoms with Crippen LogP contribution >= 0.6 is 11.6 Å². The van der Waals surface area contributed by atoms with Gasteiger partial charge in [0.05, 0.1) is 7.11 Å². The van der Waals surface area contributed by atoms with Crippen LogP contribution in [0, 0.1) is 0 Å². The lowest BCUT2D eigenvalue weighted by Crippen LogP contribution is -2.37. The minimum absolute atomic E-state index is 0.0873. The van der Waals surface area contributed by atoms with Crippen molar-refractivity contribution in [2.24, 2.45) is 0 Å². The first-order valence-electron chi connectivity index (χ1n) is 7.29. The lowest BCUT2D eigenvalue weighted by atomic mass is 10.2. The van der Waals surface area contributed by atoms with Crippen molar-refractivity contribution < 1.29 is 14.3 Å². The van der Waals surface area contributed by atoms with Crippen LogP contribution in [0.2, 0.25) is 5.02 Å². The largest absolute Gasteiger partial charge is 0.497 e. The van der Waals surface area contributed by atoms with E-state index in [4.69, 9.17) is 21.1 Å². The van der Waals surface area contributed by atoms with Crippen LogP contribution in [0.4, 0.5) is 0 Å². The number of likely N-dealkylation sites (N-methyl/N-ethyl adjacent to an activating group) is 1. The van der Waals surface area contributed by atoms with Crippen LogP contribution in [0.15, 0.2) is 48.5 Å². The molecule has 0 aliphatic carbocycles. The van der Waals surface area contributed by atoms with Crippen molar-refractivity contribution in [3.8, 4) is 11.5 Å². The van der Waals surface area contributed by atoms with Gasteiger partial charge >= 0.3 is 0 Å². The molecule has 0 aromatic heterocycles. The molecule has 0 N–H and O–H groups in total. The zero-order valence-corrected chi connectivity index (χ0v) is 14.2. The Hall–Kier alpha value is -2.20. The van der Waals surface area contributed by atoms with Crippen LogP contribution in [0.25, 0.3) is 0 Å². The topological polar surface area (TPSA) is 38.8 Å². The minimum atomic E-state index is -0.569. The van der Waals surface area contributed by atoms with Crippen LogP contribution in [0.5, 0.6) is 11.5 Å². The second-order valence-corrected chi connectivity index (χ2v) is 5.69. The number of carbonyl (C=O) groups excluding carboxylic acids is 1. The Bertz CT molecular complexity index is 640. The quantitative estimate of drug-likeness (QED) is 0.807. The Labute approximate surface area is 141 Å². The number of nitrogens with zero attached hydrogens (tertiary/aromatic N) is 1. The summed E-state index contributed by atoms with van der Waals surface area (Å²) in [6.07, 6.45) is -0.569. The lowest BCUT2D eigenvalue weighted by Gasteiger charge is -2.22. The van der Waals surface area contributed by atoms with E-state index < -0.39 is 6.10 Å². The fraction of sp³-hybridized carbons (Fsp3) is 0.278. The molecule has 0 aliphatic heterocycles. The summed E-state index contributed by atoms with van der Waals surface area (Å²) in [5.41, 5.74) is 1.02. The molecule has 1 amide bonds. The summed E-state index contributed by atoms with van der Waals surface area (Å²) in [5, 5.41) is 0.680. The molecule has 23 heavy (non-hydrogen) atoms. The standard InChI is InChI=1S/C18H20ClNO3/c1-13(23-17-10-8-16(22-3)9-11-17)18(21)20(2)12-14-4-6-15(19)7-5-14/h4-11,13H,12H2,1-3H3. The van der Waals surface area contributed by atoms with Crippen molar-refractivity contribution >= 4 is 17.5 Å². The van der Waals surface area contributed by atoms with Crippen molar-refractivity contribution in [3.63, 3.8) is 0 Å². The van der Waals surface area contributed by atoms with Crippen LogP contribution in [-0.4, -0.2) is 31.1 Å². The lowest BCUT2D eigenvalue weighted by molar-refractivity contribution is -0.137. The average Bonchev–Trinajstić information content (AvgIpc) is 2.56. The number of amides is 1. The van der Waals surface area contributed by atoms with Gasteiger partial charge in [-0.1, -0.05) is 23.7 Å². The van der Waals surface area contributed by atoms with Gasteiger partial charge in [0, 0.05) is 18.6 Å². The molecule has 0 aliphatic rings. The number of hydrogen-bond acceptors (Lipinski definition) is 3. The van der Waals surface area contributed by atoms with Crippen molar-refractivity contribution in [3.05, 3.63) is 59.1 Å². The predicted molar refractivity (Wildman–Crippen MR) is 91.0 cm³/mol. The van der Waals surface area contributed by atoms with E-state index in [-0.39, 0.29) is 5.91 Å². The molecule has 1 atom stereocenters. The molecule has 1 unspecified atom stereocenters. The Morgan fingerprint density at radius 2 is 1.65 bits per heavy atom. The number of hydrogen-bond donors (Lipinski definition) is 0. The number of carbonyl (C=O) groups is 1. The van der Waals surface area contributed by atoms with Crippen LogP contribution < -0.4 is 9.47 Å². The van der Waals surface area contributed by atoms with E-state index in [2.05, 4.69) is 0 Å². The third kappa shape index (κ3) is 4.89. The van der Waals surface area contributed by atoms with Crippen molar-refractivity contribution in [1.29, 1.82) is 0 Å². The fourth-order valence-corrected chi connectivity index (χ4v) is 2.29. The summed E-state index contributed by atoms with van der Waals surface area (Å²) >= 11 is 5.86. The van der Waals surface area contributed by atoms with E-state index in [1.54, 1.807) is 50.2 Å². The molecule has 2 aromatic rings. The van der Waals surface area contributed by atoms with E-state index in [0.29, 0.717) is 17.3 Å². The van der Waals surface area contributed by atoms with Gasteiger partial charge in [-0.25, -0.2) is 0 Å². The molecule has 2 rings (SSSR count). The predicted octanol–water partition coefficient (Wildman–Crippen LogP) is 3.77. The second-order valence-electron chi connectivity index (χ2n) is 5.26. The van der Waals surface area contributed by atoms with E-state index in [9.17, 15) is 4.79 Å². The van der Waals surface area contributed by atoms with Crippen LogP contribution in [0.3, 0.4) is 0 Å². The summed E-state index contributed by atoms with van der Waals surface area (Å²) in [5.74, 6) is 1.29. The van der Waals surface area contributed by atoms with Crippen LogP contribution in [-0.2, 0) is 11.3 Å². The zero-order valence-electron chi connectivity index (χ0n) is 13.5. The Kier molecular flexibility index (Phi) is 5.88. The van der Waals surface area contributed by atoms with Crippen molar-refractivity contribution in [2.45, 2.75) is 19.6 Å². The maximum Gasteiger partial charge on any atom is 0.263 e. The molecule has 2 aromatic carbocycles. The summed E-state index contributed by atoms with van der Waals surface area (Å²) in [4.78, 5) is 14.0. The molecular formula is C18H20ClNO3. The number of rotatable bonds is 6. The van der Waals surface area contributed by atoms with Gasteiger partial charge in [0.15, 0.2) is 6.10 Å². The molecule has 0 saturated carbocycles. The Balaban J connectivity index is 1.93. The average molecular weight is 334 g/mol. The fourth-order valence-electron chi connectivity index (χ4n) is 2.16. The highest BCUT2D eigenvalue weighted by molar-refractivity contribution is 6.30. The zero-order chi connectivity index (χ0) is 16.8. The number of ether oxygens (including phenoxy) is 2. The number of benzene rings is 2. The van der Waals surface area contributed by atoms with Gasteiger partial charge in [-0.05, 0) is 48.9 Å². The second kappa shape index (κ2) is 7.88. The van der Waals surface area contributed by atoms with Gasteiger partial charge in [0.2, 0.25) is 0 Å². The summed E-state index contributed by atoms with van der Waals surface area (Å²) in [6.45, 7) is 2.25. The van der Waals surface area contributed by atoms with Gasteiger partial charge in [-0.15, -0.1) is 0 Å². The molecule has 0 radical (unpaired) electrons. The Morgan fingerprint density at radius 3 is 2.22 bits per heavy atom. The van der Waals surface area contributed by atoms with E-state index in [0.717, 1.165) is 11.3 Å². The normalized spacial score (nSPS) is 11.7. The summed E-state index contributed by atoms with van der Waals surface area (Å²) in [7, 11) is 3.36. The Morgan fingerprint density at radius 1 is 1.09 bits per heavy atom. The van der Waals surface area contributed by atoms with Gasteiger partial charge in [-0.3, -0.25) is 4.79 Å². The van der Waals surface area contributed by atoms with Gasteiger partial charge in [0.1, 0.15) is 11.5 Å².